The summed E-state index contributed by atoms with van der Waals surface area (Å²) in [6.07, 6.45) is 2.54. The van der Waals surface area contributed by atoms with Crippen molar-refractivity contribution >= 4 is 63.3 Å². The zero-order valence-electron chi connectivity index (χ0n) is 29.5. The molecule has 0 spiro atoms. The highest BCUT2D eigenvalue weighted by Gasteiger charge is 2.40. The Balaban J connectivity index is 1.29. The zero-order valence-corrected chi connectivity index (χ0v) is 30.3. The van der Waals surface area contributed by atoms with Crippen molar-refractivity contribution in [2.45, 2.75) is 90.1 Å². The average molecular weight is 713 g/mol. The molecule has 2 atom stereocenters. The van der Waals surface area contributed by atoms with Gasteiger partial charge in [0, 0.05) is 42.9 Å². The zero-order chi connectivity index (χ0) is 36.5. The first-order chi connectivity index (χ1) is 24.2. The van der Waals surface area contributed by atoms with E-state index in [1.807, 2.05) is 59.3 Å². The number of alkyl carbamates (subject to hydrolysis) is 1. The van der Waals surface area contributed by atoms with Gasteiger partial charge >= 0.3 is 6.09 Å². The number of nitrogens with zero attached hydrogens (tertiary/aromatic N) is 2. The number of carbonyl (C=O) groups is 5. The highest BCUT2D eigenvalue weighted by Crippen LogP contribution is 2.40. The normalized spacial score (nSPS) is 16.9. The van der Waals surface area contributed by atoms with Gasteiger partial charge in [-0.05, 0) is 86.7 Å². The predicted molar refractivity (Wildman–Crippen MR) is 197 cm³/mol. The molecular weight excluding hydrogens is 669 g/mol. The Hall–Kier alpha value is -5.17. The number of H-pyrrole nitrogens is 1. The number of amides is 5. The molecule has 4 heterocycles. The van der Waals surface area contributed by atoms with E-state index in [0.29, 0.717) is 24.3 Å². The van der Waals surface area contributed by atoms with Crippen LogP contribution in [0.5, 0.6) is 0 Å². The first-order valence-corrected chi connectivity index (χ1v) is 18.1. The van der Waals surface area contributed by atoms with E-state index in [-0.39, 0.29) is 31.2 Å². The summed E-state index contributed by atoms with van der Waals surface area (Å²) in [6.45, 7) is 9.06. The van der Waals surface area contributed by atoms with Crippen molar-refractivity contribution in [3.05, 3.63) is 82.2 Å². The Morgan fingerprint density at radius 3 is 2.53 bits per heavy atom. The van der Waals surface area contributed by atoms with E-state index in [0.717, 1.165) is 34.0 Å². The van der Waals surface area contributed by atoms with Gasteiger partial charge in [0.15, 0.2) is 0 Å². The van der Waals surface area contributed by atoms with Gasteiger partial charge in [0.2, 0.25) is 23.6 Å². The van der Waals surface area contributed by atoms with Crippen LogP contribution in [-0.4, -0.2) is 64.5 Å². The molecule has 2 aromatic carbocycles. The SMILES string of the molecule is CC(C)(C)OC(=O)NC(C)(C)C(=O)N[C@H](Cc1c[nH]c2ccccc12)C(=O)NC1Cc2cccc(N3CCCC3=O)c2N(Cc2ccsc2)C1=O. The Labute approximate surface area is 300 Å². The Morgan fingerprint density at radius 1 is 1.04 bits per heavy atom. The number of rotatable bonds is 10. The smallest absolute Gasteiger partial charge is 0.408 e. The minimum Gasteiger partial charge on any atom is -0.444 e. The number of ether oxygens (including phenoxy) is 1. The van der Waals surface area contributed by atoms with Gasteiger partial charge in [0.25, 0.3) is 0 Å². The molecule has 0 radical (unpaired) electrons. The number of hydrogen-bond acceptors (Lipinski definition) is 7. The Morgan fingerprint density at radius 2 is 1.82 bits per heavy atom. The Bertz CT molecular complexity index is 1960. The van der Waals surface area contributed by atoms with E-state index in [1.54, 1.807) is 36.8 Å². The van der Waals surface area contributed by atoms with Crippen LogP contribution in [0.2, 0.25) is 0 Å². The molecule has 13 heteroatoms. The highest BCUT2D eigenvalue weighted by molar-refractivity contribution is 7.07. The van der Waals surface area contributed by atoms with Crippen LogP contribution in [-0.2, 0) is 43.3 Å². The van der Waals surface area contributed by atoms with Crippen LogP contribution in [0.1, 0.15) is 64.2 Å². The number of carbonyl (C=O) groups excluding carboxylic acids is 5. The van der Waals surface area contributed by atoms with Crippen LogP contribution in [0.3, 0.4) is 0 Å². The molecule has 1 unspecified atom stereocenters. The summed E-state index contributed by atoms with van der Waals surface area (Å²) in [5.41, 5.74) is 2.57. The summed E-state index contributed by atoms with van der Waals surface area (Å²) < 4.78 is 5.37. The maximum Gasteiger partial charge on any atom is 0.408 e. The molecule has 0 saturated carbocycles. The second-order valence-corrected chi connectivity index (χ2v) is 15.4. The van der Waals surface area contributed by atoms with E-state index in [1.165, 1.54) is 25.2 Å². The minimum absolute atomic E-state index is 0.0155. The maximum absolute atomic E-state index is 14.4. The second kappa shape index (κ2) is 14.2. The van der Waals surface area contributed by atoms with E-state index in [4.69, 9.17) is 4.74 Å². The summed E-state index contributed by atoms with van der Waals surface area (Å²) >= 11 is 1.52. The predicted octanol–water partition coefficient (Wildman–Crippen LogP) is 4.96. The fourth-order valence-corrected chi connectivity index (χ4v) is 7.23. The van der Waals surface area contributed by atoms with Crippen LogP contribution in [0.4, 0.5) is 16.2 Å². The largest absolute Gasteiger partial charge is 0.444 e. The molecule has 5 amide bonds. The van der Waals surface area contributed by atoms with Crippen molar-refractivity contribution in [3.63, 3.8) is 0 Å². The van der Waals surface area contributed by atoms with Crippen LogP contribution in [0.25, 0.3) is 10.9 Å². The fraction of sp³-hybridized carbons (Fsp3) is 0.395. The fourth-order valence-electron chi connectivity index (χ4n) is 6.57. The molecule has 268 valence electrons. The molecule has 2 aromatic heterocycles. The summed E-state index contributed by atoms with van der Waals surface area (Å²) in [4.78, 5) is 74.5. The van der Waals surface area contributed by atoms with Crippen LogP contribution >= 0.6 is 11.3 Å². The summed E-state index contributed by atoms with van der Waals surface area (Å²) in [5, 5.41) is 13.2. The van der Waals surface area contributed by atoms with Crippen LogP contribution in [0, 0.1) is 0 Å². The van der Waals surface area contributed by atoms with Gasteiger partial charge in [-0.3, -0.25) is 19.2 Å². The number of aromatic amines is 1. The third kappa shape index (κ3) is 7.93. The summed E-state index contributed by atoms with van der Waals surface area (Å²) in [6, 6.07) is 13.2. The molecule has 1 fully saturated rings. The molecule has 0 aliphatic carbocycles. The van der Waals surface area contributed by atoms with Crippen molar-refractivity contribution in [3.8, 4) is 0 Å². The molecule has 6 rings (SSSR count). The van der Waals surface area contributed by atoms with Gasteiger partial charge in [-0.25, -0.2) is 4.79 Å². The van der Waals surface area contributed by atoms with Crippen molar-refractivity contribution in [2.75, 3.05) is 16.3 Å². The molecule has 4 N–H and O–H groups in total. The second-order valence-electron chi connectivity index (χ2n) is 14.6. The first kappa shape index (κ1) is 35.6. The van der Waals surface area contributed by atoms with Gasteiger partial charge in [-0.2, -0.15) is 11.3 Å². The molecule has 1 saturated heterocycles. The van der Waals surface area contributed by atoms with Crippen molar-refractivity contribution in [2.24, 2.45) is 0 Å². The molecule has 2 aliphatic rings. The van der Waals surface area contributed by atoms with Gasteiger partial charge in [-0.1, -0.05) is 30.3 Å². The molecule has 0 bridgehead atoms. The third-order valence-corrected chi connectivity index (χ3v) is 9.79. The van der Waals surface area contributed by atoms with Gasteiger partial charge in [0.1, 0.15) is 23.2 Å². The third-order valence-electron chi connectivity index (χ3n) is 9.06. The quantitative estimate of drug-likeness (QED) is 0.182. The lowest BCUT2D eigenvalue weighted by Crippen LogP contribution is -2.61. The molecule has 4 aromatic rings. The van der Waals surface area contributed by atoms with Gasteiger partial charge in [-0.15, -0.1) is 0 Å². The van der Waals surface area contributed by atoms with E-state index >= 15 is 0 Å². The van der Waals surface area contributed by atoms with Gasteiger partial charge in [0.05, 0.1) is 17.9 Å². The minimum atomic E-state index is -1.44. The van der Waals surface area contributed by atoms with Gasteiger partial charge < -0.3 is 35.5 Å². The van der Waals surface area contributed by atoms with E-state index in [9.17, 15) is 24.0 Å². The summed E-state index contributed by atoms with van der Waals surface area (Å²) in [7, 11) is 0. The lowest BCUT2D eigenvalue weighted by Gasteiger charge is -2.37. The molecule has 2 aliphatic heterocycles. The number of nitrogens with one attached hydrogen (secondary N) is 4. The van der Waals surface area contributed by atoms with E-state index < -0.39 is 41.1 Å². The van der Waals surface area contributed by atoms with Crippen molar-refractivity contribution < 1.29 is 28.7 Å². The number of fused-ring (bicyclic) bond motifs is 2. The molecular formula is C38H44N6O6S. The standard InChI is InChI=1S/C38H44N6O6S/c1-37(2,3)50-36(49)42-38(4,5)35(48)41-28(19-25-20-39-27-12-7-6-11-26(25)27)33(46)40-29-18-24-10-8-13-30(43-16-9-14-31(43)45)32(24)44(34(29)47)21-23-15-17-51-22-23/h6-8,10-13,15,17,20,22,28-29,39H,9,14,16,18-19,21H2,1-5H3,(H,40,46)(H,41,48)(H,42,49)/t28-,29?/m1/s1. The van der Waals surface area contributed by atoms with Crippen LogP contribution in [0.15, 0.2) is 65.5 Å². The maximum atomic E-state index is 14.4. The number of benzene rings is 2. The first-order valence-electron chi connectivity index (χ1n) is 17.1. The molecule has 51 heavy (non-hydrogen) atoms. The van der Waals surface area contributed by atoms with Crippen LogP contribution < -0.4 is 25.8 Å². The number of para-hydroxylation sites is 2. The number of thiophene rings is 1. The lowest BCUT2D eigenvalue weighted by molar-refractivity contribution is -0.133. The number of hydrogen-bond donors (Lipinski definition) is 4. The van der Waals surface area contributed by atoms with E-state index in [2.05, 4.69) is 20.9 Å². The van der Waals surface area contributed by atoms with Crippen molar-refractivity contribution in [1.29, 1.82) is 0 Å². The number of anilines is 2. The Kier molecular flexibility index (Phi) is 9.94. The monoisotopic (exact) mass is 712 g/mol. The number of aromatic nitrogens is 1. The lowest BCUT2D eigenvalue weighted by atomic mass is 9.94. The van der Waals surface area contributed by atoms with Crippen molar-refractivity contribution in [1.82, 2.24) is 20.9 Å². The average Bonchev–Trinajstić information content (AvgIpc) is 3.83. The highest BCUT2D eigenvalue weighted by atomic mass is 32.1. The molecule has 12 nitrogen and oxygen atoms in total. The topological polar surface area (TPSA) is 153 Å². The summed E-state index contributed by atoms with van der Waals surface area (Å²) in [5.74, 6) is -1.45.